The van der Waals surface area contributed by atoms with Crippen molar-refractivity contribution in [2.24, 2.45) is 4.99 Å². The molecule has 0 spiro atoms. The Balaban J connectivity index is 0.00000261. The van der Waals surface area contributed by atoms with E-state index in [9.17, 15) is 4.39 Å². The van der Waals surface area contributed by atoms with E-state index in [1.54, 1.807) is 18.3 Å². The number of hydrogen-bond donors (Lipinski definition) is 1. The molecule has 0 bridgehead atoms. The molecule has 6 nitrogen and oxygen atoms in total. The van der Waals surface area contributed by atoms with E-state index in [0.29, 0.717) is 4.47 Å². The average Bonchev–Trinajstić information content (AvgIpc) is 3.16. The first-order valence-corrected chi connectivity index (χ1v) is 9.52. The van der Waals surface area contributed by atoms with Gasteiger partial charge in [0.15, 0.2) is 5.96 Å². The van der Waals surface area contributed by atoms with Gasteiger partial charge in [-0.05, 0) is 33.6 Å². The van der Waals surface area contributed by atoms with Gasteiger partial charge in [0.05, 0.1) is 10.8 Å². The predicted octanol–water partition coefficient (Wildman–Crippen LogP) is 2.80. The number of benzene rings is 1. The van der Waals surface area contributed by atoms with E-state index in [1.165, 1.54) is 0 Å². The minimum Gasteiger partial charge on any atom is -0.354 e. The van der Waals surface area contributed by atoms with E-state index in [1.807, 2.05) is 30.2 Å². The summed E-state index contributed by atoms with van der Waals surface area (Å²) in [5.74, 6) is 0.725. The topological polar surface area (TPSA) is 48.7 Å². The molecular formula is C18H25BrFIN6. The van der Waals surface area contributed by atoms with Crippen LogP contribution in [0.4, 0.5) is 4.39 Å². The molecule has 9 heteroatoms. The summed E-state index contributed by atoms with van der Waals surface area (Å²) in [6.45, 7) is 6.10. The van der Waals surface area contributed by atoms with Crippen molar-refractivity contribution in [2.75, 3.05) is 39.8 Å². The number of rotatable bonds is 5. The van der Waals surface area contributed by atoms with Crippen LogP contribution >= 0.6 is 39.9 Å². The Morgan fingerprint density at radius 3 is 2.70 bits per heavy atom. The molecule has 0 atom stereocenters. The largest absolute Gasteiger partial charge is 0.354 e. The van der Waals surface area contributed by atoms with Gasteiger partial charge in [0.1, 0.15) is 5.82 Å². The van der Waals surface area contributed by atoms with E-state index in [4.69, 9.17) is 0 Å². The third-order valence-corrected chi connectivity index (χ3v) is 5.13. The second-order valence-electron chi connectivity index (χ2n) is 6.29. The predicted molar refractivity (Wildman–Crippen MR) is 120 cm³/mol. The summed E-state index contributed by atoms with van der Waals surface area (Å²) in [6, 6.07) is 5.34. The molecule has 1 aromatic carbocycles. The van der Waals surface area contributed by atoms with Gasteiger partial charge in [0.2, 0.25) is 0 Å². The highest BCUT2D eigenvalue weighted by Gasteiger charge is 2.19. The third-order valence-electron chi connectivity index (χ3n) is 4.49. The van der Waals surface area contributed by atoms with Gasteiger partial charge in [0, 0.05) is 65.3 Å². The molecule has 1 aromatic heterocycles. The molecule has 1 fully saturated rings. The van der Waals surface area contributed by atoms with Gasteiger partial charge in [-0.1, -0.05) is 6.07 Å². The summed E-state index contributed by atoms with van der Waals surface area (Å²) >= 11 is 3.20. The summed E-state index contributed by atoms with van der Waals surface area (Å²) in [7, 11) is 1.82. The van der Waals surface area contributed by atoms with Crippen LogP contribution in [0.25, 0.3) is 0 Å². The maximum Gasteiger partial charge on any atom is 0.193 e. The molecular weight excluding hydrogens is 526 g/mol. The molecule has 2 heterocycles. The maximum absolute atomic E-state index is 13.7. The van der Waals surface area contributed by atoms with Crippen LogP contribution in [-0.4, -0.2) is 65.1 Å². The summed E-state index contributed by atoms with van der Waals surface area (Å²) < 4.78 is 16.2. The summed E-state index contributed by atoms with van der Waals surface area (Å²) in [4.78, 5) is 13.1. The highest BCUT2D eigenvalue weighted by atomic mass is 127. The van der Waals surface area contributed by atoms with Crippen LogP contribution in [-0.2, 0) is 13.1 Å². The van der Waals surface area contributed by atoms with Crippen LogP contribution in [0.5, 0.6) is 0 Å². The van der Waals surface area contributed by atoms with E-state index < -0.39 is 0 Å². The van der Waals surface area contributed by atoms with E-state index >= 15 is 0 Å². The van der Waals surface area contributed by atoms with Gasteiger partial charge in [0.25, 0.3) is 0 Å². The van der Waals surface area contributed by atoms with Crippen LogP contribution < -0.4 is 5.32 Å². The highest BCUT2D eigenvalue weighted by molar-refractivity contribution is 14.0. The zero-order valence-corrected chi connectivity index (χ0v) is 19.2. The van der Waals surface area contributed by atoms with Crippen molar-refractivity contribution in [1.82, 2.24) is 24.7 Å². The highest BCUT2D eigenvalue weighted by Crippen LogP contribution is 2.18. The standard InChI is InChI=1S/C18H24BrFN6.HI/c1-21-18(23-5-7-25-6-4-22-14-25)26-10-8-24(9-11-26)13-15-2-3-16(19)17(20)12-15;/h2-4,6,12,14H,5,7-11,13H2,1H3,(H,21,23);1H. The molecule has 1 saturated heterocycles. The Labute approximate surface area is 185 Å². The van der Waals surface area contributed by atoms with Gasteiger partial charge < -0.3 is 14.8 Å². The number of piperazine rings is 1. The number of nitrogens with one attached hydrogen (secondary N) is 1. The first kappa shape index (κ1) is 22.1. The molecule has 0 aliphatic carbocycles. The number of hydrogen-bond acceptors (Lipinski definition) is 3. The lowest BCUT2D eigenvalue weighted by molar-refractivity contribution is 0.172. The lowest BCUT2D eigenvalue weighted by atomic mass is 10.2. The molecule has 0 radical (unpaired) electrons. The van der Waals surface area contributed by atoms with Crippen molar-refractivity contribution >= 4 is 45.9 Å². The van der Waals surface area contributed by atoms with Crippen LogP contribution in [0, 0.1) is 5.82 Å². The van der Waals surface area contributed by atoms with Gasteiger partial charge in [-0.25, -0.2) is 9.37 Å². The minimum atomic E-state index is -0.205. The molecule has 1 N–H and O–H groups in total. The summed E-state index contributed by atoms with van der Waals surface area (Å²) in [5.41, 5.74) is 1.00. The molecule has 0 amide bonds. The second kappa shape index (κ2) is 11.0. The quantitative estimate of drug-likeness (QED) is 0.353. The van der Waals surface area contributed by atoms with Crippen LogP contribution in [0.3, 0.4) is 0 Å². The van der Waals surface area contributed by atoms with Crippen LogP contribution in [0.1, 0.15) is 5.56 Å². The zero-order valence-electron chi connectivity index (χ0n) is 15.3. The lowest BCUT2D eigenvalue weighted by Crippen LogP contribution is -2.52. The second-order valence-corrected chi connectivity index (χ2v) is 7.14. The SMILES string of the molecule is CN=C(NCCn1ccnc1)N1CCN(Cc2ccc(Br)c(F)c2)CC1.I. The van der Waals surface area contributed by atoms with Crippen molar-refractivity contribution in [3.05, 3.63) is 52.8 Å². The van der Waals surface area contributed by atoms with E-state index in [2.05, 4.69) is 41.0 Å². The molecule has 2 aromatic rings. The summed E-state index contributed by atoms with van der Waals surface area (Å²) in [6.07, 6.45) is 5.55. The summed E-state index contributed by atoms with van der Waals surface area (Å²) in [5, 5.41) is 3.41. The fourth-order valence-electron chi connectivity index (χ4n) is 3.06. The van der Waals surface area contributed by atoms with Gasteiger partial charge in [-0.15, -0.1) is 24.0 Å². The monoisotopic (exact) mass is 550 g/mol. The molecule has 1 aliphatic rings. The number of nitrogens with zero attached hydrogens (tertiary/aromatic N) is 5. The fraction of sp³-hybridized carbons (Fsp3) is 0.444. The zero-order chi connectivity index (χ0) is 18.4. The van der Waals surface area contributed by atoms with Crippen LogP contribution in [0.15, 0.2) is 46.4 Å². The smallest absolute Gasteiger partial charge is 0.193 e. The lowest BCUT2D eigenvalue weighted by Gasteiger charge is -2.36. The number of aliphatic imine (C=N–C) groups is 1. The number of aromatic nitrogens is 2. The maximum atomic E-state index is 13.7. The Morgan fingerprint density at radius 2 is 2.07 bits per heavy atom. The van der Waals surface area contributed by atoms with Gasteiger partial charge in [-0.2, -0.15) is 0 Å². The van der Waals surface area contributed by atoms with Crippen molar-refractivity contribution in [3.63, 3.8) is 0 Å². The third kappa shape index (κ3) is 6.42. The van der Waals surface area contributed by atoms with Crippen molar-refractivity contribution in [1.29, 1.82) is 0 Å². The minimum absolute atomic E-state index is 0. The Kier molecular flexibility index (Phi) is 8.97. The molecule has 0 saturated carbocycles. The van der Waals surface area contributed by atoms with Crippen molar-refractivity contribution in [3.8, 4) is 0 Å². The molecule has 3 rings (SSSR count). The Morgan fingerprint density at radius 1 is 1.30 bits per heavy atom. The molecule has 1 aliphatic heterocycles. The van der Waals surface area contributed by atoms with E-state index in [0.717, 1.165) is 57.3 Å². The number of guanidine groups is 1. The first-order chi connectivity index (χ1) is 12.7. The average molecular weight is 551 g/mol. The molecule has 27 heavy (non-hydrogen) atoms. The Hall–Kier alpha value is -1.20. The van der Waals surface area contributed by atoms with Gasteiger partial charge >= 0.3 is 0 Å². The van der Waals surface area contributed by atoms with E-state index in [-0.39, 0.29) is 29.8 Å². The van der Waals surface area contributed by atoms with Crippen molar-refractivity contribution < 1.29 is 4.39 Å². The number of imidazole rings is 1. The van der Waals surface area contributed by atoms with Crippen molar-refractivity contribution in [2.45, 2.75) is 13.1 Å². The Bertz CT molecular complexity index is 731. The number of halogens is 3. The molecule has 0 unspecified atom stereocenters. The van der Waals surface area contributed by atoms with Crippen LogP contribution in [0.2, 0.25) is 0 Å². The first-order valence-electron chi connectivity index (χ1n) is 8.73. The van der Waals surface area contributed by atoms with Gasteiger partial charge in [-0.3, -0.25) is 9.89 Å². The normalized spacial score (nSPS) is 15.5. The molecule has 148 valence electrons. The fourth-order valence-corrected chi connectivity index (χ4v) is 3.31.